The first kappa shape index (κ1) is 27.2. The van der Waals surface area contributed by atoms with Crippen molar-refractivity contribution in [3.8, 4) is 11.4 Å². The fourth-order valence-corrected chi connectivity index (χ4v) is 3.73. The number of benzene rings is 1. The number of aromatic nitrogens is 2. The minimum atomic E-state index is -0.624. The number of amides is 2. The quantitative estimate of drug-likeness (QED) is 0.576. The molecule has 0 spiro atoms. The van der Waals surface area contributed by atoms with Crippen LogP contribution in [0.5, 0.6) is 0 Å². The van der Waals surface area contributed by atoms with Crippen molar-refractivity contribution in [2.45, 2.75) is 46.3 Å². The Morgan fingerprint density at radius 3 is 2.38 bits per heavy atom. The summed E-state index contributed by atoms with van der Waals surface area (Å²) >= 11 is 0. The van der Waals surface area contributed by atoms with E-state index in [1.165, 1.54) is 0 Å². The van der Waals surface area contributed by atoms with Gasteiger partial charge in [-0.2, -0.15) is 0 Å². The number of hydrogen-bond donors (Lipinski definition) is 3. The van der Waals surface area contributed by atoms with Crippen LogP contribution in [0.25, 0.3) is 11.4 Å². The molecular weight excluding hydrogens is 432 g/mol. The molecule has 3 rings (SSSR count). The van der Waals surface area contributed by atoms with Crippen molar-refractivity contribution < 1.29 is 14.4 Å². The van der Waals surface area contributed by atoms with E-state index in [1.54, 1.807) is 19.2 Å². The molecule has 1 unspecified atom stereocenters. The second-order valence-corrected chi connectivity index (χ2v) is 9.59. The van der Waals surface area contributed by atoms with Gasteiger partial charge in [0.1, 0.15) is 12.1 Å². The summed E-state index contributed by atoms with van der Waals surface area (Å²) in [5.41, 5.74) is 2.04. The molecule has 1 aromatic heterocycles. The van der Waals surface area contributed by atoms with Crippen LogP contribution in [0.15, 0.2) is 24.3 Å². The van der Waals surface area contributed by atoms with Crippen LogP contribution in [0.2, 0.25) is 0 Å². The van der Waals surface area contributed by atoms with E-state index in [1.807, 2.05) is 54.0 Å². The minimum Gasteiger partial charge on any atom is -0.355 e. The number of carbonyl (C=O) groups excluding carboxylic acids is 3. The Bertz CT molecular complexity index is 1010. The van der Waals surface area contributed by atoms with Gasteiger partial charge >= 0.3 is 0 Å². The summed E-state index contributed by atoms with van der Waals surface area (Å²) in [6.07, 6.45) is 1.69. The second-order valence-electron chi connectivity index (χ2n) is 9.59. The zero-order valence-electron chi connectivity index (χ0n) is 21.4. The Kier molecular flexibility index (Phi) is 9.52. The van der Waals surface area contributed by atoms with E-state index in [9.17, 15) is 14.4 Å². The molecule has 9 heteroatoms. The van der Waals surface area contributed by atoms with Crippen LogP contribution in [0.3, 0.4) is 0 Å². The molecule has 9 nitrogen and oxygen atoms in total. The van der Waals surface area contributed by atoms with Crippen LogP contribution in [-0.4, -0.2) is 73.3 Å². The van der Waals surface area contributed by atoms with Crippen molar-refractivity contribution in [1.82, 2.24) is 30.4 Å². The van der Waals surface area contributed by atoms with E-state index in [4.69, 9.17) is 4.98 Å². The summed E-state index contributed by atoms with van der Waals surface area (Å²) in [6, 6.07) is 6.61. The number of nitrogens with zero attached hydrogens (tertiary/aromatic N) is 3. The molecule has 0 fully saturated rings. The molecule has 1 aliphatic heterocycles. The number of aldehydes is 1. The van der Waals surface area contributed by atoms with Crippen LogP contribution >= 0.6 is 0 Å². The van der Waals surface area contributed by atoms with Crippen molar-refractivity contribution in [1.29, 1.82) is 0 Å². The minimum absolute atomic E-state index is 0.179. The van der Waals surface area contributed by atoms with Crippen LogP contribution < -0.4 is 16.0 Å². The van der Waals surface area contributed by atoms with Gasteiger partial charge in [0, 0.05) is 31.3 Å². The summed E-state index contributed by atoms with van der Waals surface area (Å²) in [7, 11) is 7.35. The van der Waals surface area contributed by atoms with Crippen LogP contribution in [0.1, 0.15) is 53.7 Å². The Morgan fingerprint density at radius 2 is 1.79 bits per heavy atom. The molecule has 0 saturated carbocycles. The molecule has 3 N–H and O–H groups in total. The SMILES string of the molecule is CNC.CNC(=O)c1cccc(-c2nc(C(=O)NC(C=O)C(C)(C)C)c3n2CCCN(C)C3)c1. The Morgan fingerprint density at radius 1 is 1.12 bits per heavy atom. The van der Waals surface area contributed by atoms with Gasteiger partial charge in [0.05, 0.1) is 11.7 Å². The summed E-state index contributed by atoms with van der Waals surface area (Å²) in [5.74, 6) is 0.112. The fraction of sp³-hybridized carbons (Fsp3) is 0.520. The lowest BCUT2D eigenvalue weighted by molar-refractivity contribution is -0.111. The van der Waals surface area contributed by atoms with Crippen molar-refractivity contribution in [3.05, 3.63) is 41.2 Å². The van der Waals surface area contributed by atoms with Crippen LogP contribution in [0.4, 0.5) is 0 Å². The lowest BCUT2D eigenvalue weighted by atomic mass is 9.87. The van der Waals surface area contributed by atoms with Crippen LogP contribution in [-0.2, 0) is 17.9 Å². The first-order valence-electron chi connectivity index (χ1n) is 11.5. The Balaban J connectivity index is 0.00000129. The van der Waals surface area contributed by atoms with Crippen molar-refractivity contribution in [2.24, 2.45) is 5.41 Å². The van der Waals surface area contributed by atoms with Gasteiger partial charge in [-0.3, -0.25) is 9.59 Å². The van der Waals surface area contributed by atoms with Gasteiger partial charge in [0.2, 0.25) is 0 Å². The number of rotatable bonds is 5. The smallest absolute Gasteiger partial charge is 0.272 e. The van der Waals surface area contributed by atoms with Gasteiger partial charge < -0.3 is 30.2 Å². The number of fused-ring (bicyclic) bond motifs is 1. The van der Waals surface area contributed by atoms with E-state index < -0.39 is 11.5 Å². The standard InChI is InChI=1S/C23H31N5O3.C2H7N/c1-23(2,3)18(14-29)25-22(31)19-17-13-27(5)10-7-11-28(17)20(26-19)15-8-6-9-16(12-15)21(30)24-4;1-3-2/h6,8-9,12,14,18H,7,10-11,13H2,1-5H3,(H,24,30)(H,25,31);3H,1-2H3. The summed E-state index contributed by atoms with van der Waals surface area (Å²) in [4.78, 5) is 43.7. The van der Waals surface area contributed by atoms with E-state index in [-0.39, 0.29) is 11.8 Å². The van der Waals surface area contributed by atoms with Crippen molar-refractivity contribution in [3.63, 3.8) is 0 Å². The van der Waals surface area contributed by atoms with Crippen LogP contribution in [0, 0.1) is 5.41 Å². The predicted octanol–water partition coefficient (Wildman–Crippen LogP) is 1.92. The van der Waals surface area contributed by atoms with Gasteiger partial charge in [0.15, 0.2) is 5.69 Å². The summed E-state index contributed by atoms with van der Waals surface area (Å²) < 4.78 is 2.06. The third-order valence-electron chi connectivity index (χ3n) is 5.59. The Hall–Kier alpha value is -3.04. The molecular formula is C25H38N6O3. The predicted molar refractivity (Wildman–Crippen MR) is 134 cm³/mol. The lowest BCUT2D eigenvalue weighted by Crippen LogP contribution is -2.45. The highest BCUT2D eigenvalue weighted by molar-refractivity contribution is 5.97. The number of nitrogens with one attached hydrogen (secondary N) is 3. The maximum atomic E-state index is 13.2. The first-order valence-corrected chi connectivity index (χ1v) is 11.5. The molecule has 186 valence electrons. The highest BCUT2D eigenvalue weighted by Gasteiger charge is 2.30. The van der Waals surface area contributed by atoms with Gasteiger partial charge in [-0.1, -0.05) is 32.9 Å². The highest BCUT2D eigenvalue weighted by atomic mass is 16.2. The summed E-state index contributed by atoms with van der Waals surface area (Å²) in [5, 5.41) is 8.23. The van der Waals surface area contributed by atoms with Gasteiger partial charge in [-0.05, 0) is 51.7 Å². The maximum Gasteiger partial charge on any atom is 0.272 e. The average Bonchev–Trinajstić information content (AvgIpc) is 3.03. The Labute approximate surface area is 202 Å². The number of imidazole rings is 1. The van der Waals surface area contributed by atoms with E-state index in [0.29, 0.717) is 23.6 Å². The molecule has 0 aliphatic carbocycles. The zero-order chi connectivity index (χ0) is 25.5. The summed E-state index contributed by atoms with van der Waals surface area (Å²) in [6.45, 7) is 7.91. The molecule has 2 aromatic rings. The van der Waals surface area contributed by atoms with Crippen molar-refractivity contribution in [2.75, 3.05) is 34.7 Å². The average molecular weight is 471 g/mol. The van der Waals surface area contributed by atoms with Gasteiger partial charge in [0.25, 0.3) is 11.8 Å². The molecule has 2 heterocycles. The second kappa shape index (κ2) is 11.9. The lowest BCUT2D eigenvalue weighted by Gasteiger charge is -2.26. The van der Waals surface area contributed by atoms with E-state index in [0.717, 1.165) is 37.1 Å². The number of hydrogen-bond acceptors (Lipinski definition) is 6. The zero-order valence-corrected chi connectivity index (χ0v) is 21.4. The largest absolute Gasteiger partial charge is 0.355 e. The topological polar surface area (TPSA) is 108 Å². The molecule has 1 aliphatic rings. The molecule has 0 saturated heterocycles. The molecule has 0 bridgehead atoms. The highest BCUT2D eigenvalue weighted by Crippen LogP contribution is 2.27. The molecule has 34 heavy (non-hydrogen) atoms. The third-order valence-corrected chi connectivity index (χ3v) is 5.59. The van der Waals surface area contributed by atoms with Gasteiger partial charge in [-0.15, -0.1) is 0 Å². The molecule has 2 amide bonds. The first-order chi connectivity index (χ1) is 16.1. The molecule has 1 atom stereocenters. The fourth-order valence-electron chi connectivity index (χ4n) is 3.73. The maximum absolute atomic E-state index is 13.2. The normalized spacial score (nSPS) is 14.7. The number of carbonyl (C=O) groups is 3. The molecule has 1 aromatic carbocycles. The van der Waals surface area contributed by atoms with E-state index in [2.05, 4.69) is 25.4 Å². The van der Waals surface area contributed by atoms with E-state index >= 15 is 0 Å². The van der Waals surface area contributed by atoms with Crippen molar-refractivity contribution >= 4 is 18.1 Å². The molecule has 0 radical (unpaired) electrons. The van der Waals surface area contributed by atoms with Gasteiger partial charge in [-0.25, -0.2) is 4.98 Å². The monoisotopic (exact) mass is 470 g/mol. The third kappa shape index (κ3) is 6.51.